The molecule has 3 nitrogen and oxygen atoms in total. The van der Waals surface area contributed by atoms with Crippen molar-refractivity contribution in [2.75, 3.05) is 5.32 Å². The molecule has 1 aliphatic carbocycles. The summed E-state index contributed by atoms with van der Waals surface area (Å²) in [4.78, 5) is 0. The Kier molecular flexibility index (Phi) is 8.18. The van der Waals surface area contributed by atoms with E-state index in [4.69, 9.17) is 4.42 Å². The summed E-state index contributed by atoms with van der Waals surface area (Å²) < 4.78 is 9.21. The average Bonchev–Trinajstić information content (AvgIpc) is 3.72. The van der Waals surface area contributed by atoms with Crippen molar-refractivity contribution >= 4 is 73.3 Å². The zero-order valence-corrected chi connectivity index (χ0v) is 35.1. The molecule has 2 aliphatic rings. The lowest BCUT2D eigenvalue weighted by atomic mass is 9.58. The third kappa shape index (κ3) is 5.77. The minimum atomic E-state index is -0.0992. The number of fused-ring (bicyclic) bond motifs is 9. The second kappa shape index (κ2) is 12.9. The second-order valence-corrected chi connectivity index (χ2v) is 19.5. The van der Waals surface area contributed by atoms with Gasteiger partial charge in [0.1, 0.15) is 11.2 Å². The third-order valence-corrected chi connectivity index (χ3v) is 13.6. The Morgan fingerprint density at radius 3 is 2.19 bits per heavy atom. The summed E-state index contributed by atoms with van der Waals surface area (Å²) in [5.74, 6) is 0. The zero-order valence-electron chi connectivity index (χ0n) is 35.1. The first-order valence-electron chi connectivity index (χ1n) is 21.4. The number of hydrogen-bond acceptors (Lipinski definition) is 2. The van der Waals surface area contributed by atoms with Crippen LogP contribution in [0.15, 0.2) is 108 Å². The highest BCUT2D eigenvalue weighted by molar-refractivity contribution is 6.73. The summed E-state index contributed by atoms with van der Waals surface area (Å²) in [5, 5.41) is 9.01. The molecule has 6 aromatic carbocycles. The Bertz CT molecular complexity index is 2900. The van der Waals surface area contributed by atoms with Gasteiger partial charge in [0.15, 0.2) is 7.28 Å². The van der Waals surface area contributed by atoms with Crippen molar-refractivity contribution < 1.29 is 4.42 Å². The molecular formula is C53H55BN2O. The van der Waals surface area contributed by atoms with E-state index >= 15 is 0 Å². The third-order valence-electron chi connectivity index (χ3n) is 13.6. The van der Waals surface area contributed by atoms with Crippen LogP contribution in [0.25, 0.3) is 60.6 Å². The lowest BCUT2D eigenvalue weighted by Gasteiger charge is -2.42. The van der Waals surface area contributed by atoms with Crippen LogP contribution in [0.4, 0.5) is 11.4 Å². The maximum Gasteiger partial charge on any atom is 0.198 e. The molecule has 0 atom stereocenters. The van der Waals surface area contributed by atoms with Gasteiger partial charge in [-0.2, -0.15) is 0 Å². The normalized spacial score (nSPS) is 15.6. The SMILES string of the molecule is CCCCCc1ccc(Nc2ccccc2-c2cc(C(C)(C)C)c3c4cc5c(cc4n4c3c2Bc2cc3oc6ccccc6c3cc2-4)C(C)(C)CCC5(C)C)cc1. The molecule has 1 N–H and O–H groups in total. The fourth-order valence-corrected chi connectivity index (χ4v) is 10.3. The van der Waals surface area contributed by atoms with Crippen molar-refractivity contribution in [2.24, 2.45) is 0 Å². The van der Waals surface area contributed by atoms with Crippen LogP contribution in [0.2, 0.25) is 0 Å². The van der Waals surface area contributed by atoms with Crippen molar-refractivity contribution in [3.63, 3.8) is 0 Å². The molecule has 0 bridgehead atoms. The molecule has 3 heterocycles. The van der Waals surface area contributed by atoms with E-state index in [9.17, 15) is 0 Å². The molecule has 0 amide bonds. The number of anilines is 2. The fraction of sp³-hybridized carbons (Fsp3) is 0.321. The molecule has 0 spiro atoms. The van der Waals surface area contributed by atoms with E-state index < -0.39 is 0 Å². The Balaban J connectivity index is 1.27. The second-order valence-electron chi connectivity index (χ2n) is 19.5. The van der Waals surface area contributed by atoms with Gasteiger partial charge in [-0.1, -0.05) is 128 Å². The van der Waals surface area contributed by atoms with Crippen LogP contribution < -0.4 is 16.2 Å². The molecular weight excluding hydrogens is 691 g/mol. The number of benzene rings is 6. The number of furan rings is 1. The summed E-state index contributed by atoms with van der Waals surface area (Å²) in [6.07, 6.45) is 7.28. The predicted octanol–water partition coefficient (Wildman–Crippen LogP) is 13.2. The maximum atomic E-state index is 6.55. The van der Waals surface area contributed by atoms with Crippen LogP contribution in [-0.2, 0) is 22.7 Å². The van der Waals surface area contributed by atoms with Crippen molar-refractivity contribution in [3.8, 4) is 16.8 Å². The smallest absolute Gasteiger partial charge is 0.198 e. The number of aryl methyl sites for hydroxylation is 1. The zero-order chi connectivity index (χ0) is 39.4. The average molecular weight is 747 g/mol. The van der Waals surface area contributed by atoms with Gasteiger partial charge >= 0.3 is 0 Å². The molecule has 0 radical (unpaired) electrons. The minimum Gasteiger partial charge on any atom is -0.456 e. The molecule has 1 aliphatic heterocycles. The maximum absolute atomic E-state index is 6.55. The molecule has 10 rings (SSSR count). The number of hydrogen-bond donors (Lipinski definition) is 1. The first kappa shape index (κ1) is 36.1. The van der Waals surface area contributed by atoms with Gasteiger partial charge in [-0.15, -0.1) is 0 Å². The Hall–Kier alpha value is -5.22. The van der Waals surface area contributed by atoms with E-state index in [1.807, 2.05) is 0 Å². The van der Waals surface area contributed by atoms with Crippen LogP contribution >= 0.6 is 0 Å². The van der Waals surface area contributed by atoms with Gasteiger partial charge in [-0.3, -0.25) is 0 Å². The molecule has 286 valence electrons. The van der Waals surface area contributed by atoms with Gasteiger partial charge in [-0.25, -0.2) is 0 Å². The highest BCUT2D eigenvalue weighted by atomic mass is 16.3. The highest BCUT2D eigenvalue weighted by Crippen LogP contribution is 2.50. The first-order chi connectivity index (χ1) is 27.3. The lowest BCUT2D eigenvalue weighted by Crippen LogP contribution is -2.38. The molecule has 8 aromatic rings. The number of aromatic nitrogens is 1. The van der Waals surface area contributed by atoms with Crippen LogP contribution in [0.1, 0.15) is 110 Å². The number of para-hydroxylation sites is 2. The van der Waals surface area contributed by atoms with Crippen molar-refractivity contribution in [2.45, 2.75) is 110 Å². The predicted molar refractivity (Wildman–Crippen MR) is 247 cm³/mol. The van der Waals surface area contributed by atoms with E-state index in [-0.39, 0.29) is 16.2 Å². The Morgan fingerprint density at radius 1 is 0.719 bits per heavy atom. The summed E-state index contributed by atoms with van der Waals surface area (Å²) >= 11 is 0. The fourth-order valence-electron chi connectivity index (χ4n) is 10.3. The van der Waals surface area contributed by atoms with E-state index in [1.165, 1.54) is 115 Å². The quantitative estimate of drug-likeness (QED) is 0.130. The Morgan fingerprint density at radius 2 is 1.44 bits per heavy atom. The molecule has 0 fully saturated rings. The highest BCUT2D eigenvalue weighted by Gasteiger charge is 2.39. The largest absolute Gasteiger partial charge is 0.456 e. The summed E-state index contributed by atoms with van der Waals surface area (Å²) in [5.41, 5.74) is 19.2. The molecule has 0 saturated heterocycles. The van der Waals surface area contributed by atoms with Crippen molar-refractivity contribution in [3.05, 3.63) is 125 Å². The lowest BCUT2D eigenvalue weighted by molar-refractivity contribution is 0.332. The van der Waals surface area contributed by atoms with Crippen LogP contribution in [0.5, 0.6) is 0 Å². The van der Waals surface area contributed by atoms with Crippen molar-refractivity contribution in [1.82, 2.24) is 4.57 Å². The molecule has 0 unspecified atom stereocenters. The first-order valence-corrected chi connectivity index (χ1v) is 21.4. The number of nitrogens with zero attached hydrogens (tertiary/aromatic N) is 1. The van der Waals surface area contributed by atoms with Crippen LogP contribution in [-0.4, -0.2) is 11.8 Å². The summed E-state index contributed by atoms with van der Waals surface area (Å²) in [7, 11) is 0.826. The van der Waals surface area contributed by atoms with E-state index in [0.717, 1.165) is 36.2 Å². The van der Waals surface area contributed by atoms with Gasteiger partial charge in [0.2, 0.25) is 0 Å². The van der Waals surface area contributed by atoms with Gasteiger partial charge < -0.3 is 14.3 Å². The number of nitrogens with one attached hydrogen (secondary N) is 1. The molecule has 0 saturated carbocycles. The minimum absolute atomic E-state index is 0.0944. The number of unbranched alkanes of at least 4 members (excludes halogenated alkanes) is 2. The standard InChI is InChI=1S/C53H55BN2O/c1-9-10-11-16-32-21-23-33(24-22-32)55-43-19-14-12-17-34(43)37-27-41(51(2,3)4)48-38-28-39-40(53(7,8)26-25-52(39,5)6)30-44(38)56-45-29-36-35-18-13-15-20-46(35)57-47(36)31-42(45)54-49(37)50(48)56/h12-15,17-24,27-31,54-55H,9-11,16,25-26H2,1-8H3. The Labute approximate surface area is 338 Å². The van der Waals surface area contributed by atoms with Crippen molar-refractivity contribution in [1.29, 1.82) is 0 Å². The van der Waals surface area contributed by atoms with Gasteiger partial charge in [0, 0.05) is 49.7 Å². The van der Waals surface area contributed by atoms with E-state index in [0.29, 0.717) is 0 Å². The number of rotatable bonds is 7. The topological polar surface area (TPSA) is 30.1 Å². The summed E-state index contributed by atoms with van der Waals surface area (Å²) in [6.45, 7) is 19.3. The molecule has 2 aromatic heterocycles. The van der Waals surface area contributed by atoms with Crippen LogP contribution in [0.3, 0.4) is 0 Å². The molecule has 4 heteroatoms. The molecule has 57 heavy (non-hydrogen) atoms. The van der Waals surface area contributed by atoms with E-state index in [2.05, 4.69) is 168 Å². The monoisotopic (exact) mass is 746 g/mol. The van der Waals surface area contributed by atoms with Crippen LogP contribution in [0, 0.1) is 0 Å². The van der Waals surface area contributed by atoms with Gasteiger partial charge in [0.05, 0.1) is 5.52 Å². The van der Waals surface area contributed by atoms with Gasteiger partial charge in [-0.05, 0) is 124 Å². The summed E-state index contributed by atoms with van der Waals surface area (Å²) in [6, 6.07) is 39.1. The van der Waals surface area contributed by atoms with E-state index in [1.54, 1.807) is 0 Å². The van der Waals surface area contributed by atoms with Gasteiger partial charge in [0.25, 0.3) is 0 Å².